The van der Waals surface area contributed by atoms with E-state index in [9.17, 15) is 26.4 Å². The highest BCUT2D eigenvalue weighted by Crippen LogP contribution is 2.26. The third-order valence-electron chi connectivity index (χ3n) is 3.77. The highest BCUT2D eigenvalue weighted by atomic mass is 32.2. The number of hydrogen-bond acceptors (Lipinski definition) is 5. The van der Waals surface area contributed by atoms with Gasteiger partial charge in [0.2, 0.25) is 15.9 Å². The van der Waals surface area contributed by atoms with E-state index in [4.69, 9.17) is 4.74 Å². The second-order valence-electron chi connectivity index (χ2n) is 5.99. The third kappa shape index (κ3) is 6.28. The number of anilines is 2. The van der Waals surface area contributed by atoms with E-state index in [1.165, 1.54) is 38.3 Å². The number of carbonyl (C=O) groups excluding carboxylic acids is 1. The van der Waals surface area contributed by atoms with Crippen LogP contribution in [0, 0.1) is 0 Å². The lowest BCUT2D eigenvalue weighted by molar-refractivity contribution is -0.274. The van der Waals surface area contributed by atoms with Crippen LogP contribution in [0.5, 0.6) is 11.5 Å². The zero-order valence-corrected chi connectivity index (χ0v) is 16.5. The van der Waals surface area contributed by atoms with Gasteiger partial charge in [0.1, 0.15) is 17.5 Å². The molecule has 0 bridgehead atoms. The fraction of sp³-hybridized carbons (Fsp3) is 0.278. The standard InChI is InChI=1S/C18H19F3N2O5S/c1-12(23(29(3,25)26)14-6-10-15(27-2)11-7-14)17(24)22-13-4-8-16(9-5-13)28-18(19,20)21/h4-12H,1-3H3,(H,22,24). The van der Waals surface area contributed by atoms with Crippen molar-refractivity contribution in [3.05, 3.63) is 48.5 Å². The Morgan fingerprint density at radius 1 is 1.03 bits per heavy atom. The molecule has 7 nitrogen and oxygen atoms in total. The molecule has 0 spiro atoms. The van der Waals surface area contributed by atoms with E-state index in [2.05, 4.69) is 10.1 Å². The number of benzene rings is 2. The molecule has 0 aromatic heterocycles. The molecule has 2 aromatic carbocycles. The fourth-order valence-electron chi connectivity index (χ4n) is 2.52. The Morgan fingerprint density at radius 2 is 1.55 bits per heavy atom. The van der Waals surface area contributed by atoms with Gasteiger partial charge in [-0.2, -0.15) is 0 Å². The van der Waals surface area contributed by atoms with Gasteiger partial charge in [0.05, 0.1) is 19.1 Å². The molecule has 158 valence electrons. The molecule has 0 aliphatic heterocycles. The number of nitrogens with zero attached hydrogens (tertiary/aromatic N) is 1. The van der Waals surface area contributed by atoms with Crippen molar-refractivity contribution >= 4 is 27.3 Å². The van der Waals surface area contributed by atoms with E-state index in [-0.39, 0.29) is 11.4 Å². The quantitative estimate of drug-likeness (QED) is 0.725. The van der Waals surface area contributed by atoms with Gasteiger partial charge in [-0.25, -0.2) is 8.42 Å². The number of ether oxygens (including phenoxy) is 2. The van der Waals surface area contributed by atoms with Crippen LogP contribution in [0.25, 0.3) is 0 Å². The van der Waals surface area contributed by atoms with Crippen LogP contribution >= 0.6 is 0 Å². The molecule has 11 heteroatoms. The number of methoxy groups -OCH3 is 1. The second kappa shape index (κ2) is 8.60. The van der Waals surface area contributed by atoms with Crippen molar-refractivity contribution in [2.45, 2.75) is 19.3 Å². The average Bonchev–Trinajstić information content (AvgIpc) is 2.61. The summed E-state index contributed by atoms with van der Waals surface area (Å²) < 4.78 is 70.8. The summed E-state index contributed by atoms with van der Waals surface area (Å²) in [5.74, 6) is -0.601. The summed E-state index contributed by atoms with van der Waals surface area (Å²) >= 11 is 0. The zero-order chi connectivity index (χ0) is 21.8. The van der Waals surface area contributed by atoms with Crippen LogP contribution in [0.1, 0.15) is 6.92 Å². The van der Waals surface area contributed by atoms with E-state index in [0.29, 0.717) is 5.75 Å². The SMILES string of the molecule is COc1ccc(N(C(C)C(=O)Nc2ccc(OC(F)(F)F)cc2)S(C)(=O)=O)cc1. The molecule has 1 N–H and O–H groups in total. The molecule has 1 amide bonds. The first-order valence-electron chi connectivity index (χ1n) is 8.21. The normalized spacial score (nSPS) is 12.8. The van der Waals surface area contributed by atoms with Crippen LogP contribution in [-0.2, 0) is 14.8 Å². The number of amides is 1. The molecule has 0 heterocycles. The molecule has 0 radical (unpaired) electrons. The third-order valence-corrected chi connectivity index (χ3v) is 5.01. The Balaban J connectivity index is 2.18. The van der Waals surface area contributed by atoms with Crippen LogP contribution in [-0.4, -0.2) is 40.1 Å². The minimum Gasteiger partial charge on any atom is -0.497 e. The van der Waals surface area contributed by atoms with Crippen LogP contribution in [0.15, 0.2) is 48.5 Å². The lowest BCUT2D eigenvalue weighted by atomic mass is 10.2. The molecule has 1 unspecified atom stereocenters. The molecule has 0 saturated carbocycles. The summed E-state index contributed by atoms with van der Waals surface area (Å²) in [6.07, 6.45) is -3.86. The van der Waals surface area contributed by atoms with E-state index in [0.717, 1.165) is 22.7 Å². The van der Waals surface area contributed by atoms with Gasteiger partial charge < -0.3 is 14.8 Å². The van der Waals surface area contributed by atoms with Crippen molar-refractivity contribution in [1.29, 1.82) is 0 Å². The van der Waals surface area contributed by atoms with E-state index < -0.39 is 34.1 Å². The largest absolute Gasteiger partial charge is 0.573 e. The molecule has 0 aliphatic rings. The van der Waals surface area contributed by atoms with Crippen molar-refractivity contribution < 1.29 is 35.9 Å². The number of sulfonamides is 1. The topological polar surface area (TPSA) is 84.9 Å². The molecule has 1 atom stereocenters. The summed E-state index contributed by atoms with van der Waals surface area (Å²) in [4.78, 5) is 12.6. The Hall–Kier alpha value is -2.95. The van der Waals surface area contributed by atoms with E-state index in [1.807, 2.05) is 0 Å². The molecule has 0 aliphatic carbocycles. The maximum Gasteiger partial charge on any atom is 0.573 e. The van der Waals surface area contributed by atoms with Gasteiger partial charge in [-0.1, -0.05) is 0 Å². The minimum atomic E-state index is -4.83. The van der Waals surface area contributed by atoms with Crippen molar-refractivity contribution in [3.63, 3.8) is 0 Å². The summed E-state index contributed by atoms with van der Waals surface area (Å²) in [6.45, 7) is 1.39. The molecular formula is C18H19F3N2O5S. The Morgan fingerprint density at radius 3 is 2.00 bits per heavy atom. The van der Waals surface area contributed by atoms with Gasteiger partial charge in [0.15, 0.2) is 0 Å². The Kier molecular flexibility index (Phi) is 6.62. The highest BCUT2D eigenvalue weighted by molar-refractivity contribution is 7.92. The van der Waals surface area contributed by atoms with Gasteiger partial charge in [-0.15, -0.1) is 13.2 Å². The van der Waals surface area contributed by atoms with E-state index >= 15 is 0 Å². The maximum atomic E-state index is 12.6. The molecule has 0 fully saturated rings. The summed E-state index contributed by atoms with van der Waals surface area (Å²) in [7, 11) is -2.35. The second-order valence-corrected chi connectivity index (χ2v) is 7.85. The number of nitrogens with one attached hydrogen (secondary N) is 1. The predicted octanol–water partition coefficient (Wildman–Crippen LogP) is 3.39. The minimum absolute atomic E-state index is 0.180. The predicted molar refractivity (Wildman–Crippen MR) is 102 cm³/mol. The first-order valence-corrected chi connectivity index (χ1v) is 10.1. The Labute approximate surface area is 166 Å². The lowest BCUT2D eigenvalue weighted by Crippen LogP contribution is -2.45. The first kappa shape index (κ1) is 22.3. The van der Waals surface area contributed by atoms with Gasteiger partial charge in [0, 0.05) is 5.69 Å². The molecule has 0 saturated heterocycles. The van der Waals surface area contributed by atoms with Gasteiger partial charge >= 0.3 is 6.36 Å². The molecule has 29 heavy (non-hydrogen) atoms. The van der Waals surface area contributed by atoms with Crippen LogP contribution in [0.3, 0.4) is 0 Å². The van der Waals surface area contributed by atoms with Crippen LogP contribution < -0.4 is 19.1 Å². The summed E-state index contributed by atoms with van der Waals surface area (Å²) in [5, 5.41) is 2.47. The number of alkyl halides is 3. The zero-order valence-electron chi connectivity index (χ0n) is 15.7. The molecular weight excluding hydrogens is 413 g/mol. The van der Waals surface area contributed by atoms with E-state index in [1.54, 1.807) is 12.1 Å². The van der Waals surface area contributed by atoms with Crippen molar-refractivity contribution in [2.75, 3.05) is 23.0 Å². The number of halogens is 3. The van der Waals surface area contributed by atoms with Crippen molar-refractivity contribution in [2.24, 2.45) is 0 Å². The lowest BCUT2D eigenvalue weighted by Gasteiger charge is -2.28. The maximum absolute atomic E-state index is 12.6. The van der Waals surface area contributed by atoms with Crippen LogP contribution in [0.2, 0.25) is 0 Å². The smallest absolute Gasteiger partial charge is 0.497 e. The fourth-order valence-corrected chi connectivity index (χ4v) is 3.70. The highest BCUT2D eigenvalue weighted by Gasteiger charge is 2.31. The number of hydrogen-bond donors (Lipinski definition) is 1. The number of rotatable bonds is 7. The van der Waals surface area contributed by atoms with Gasteiger partial charge in [0.25, 0.3) is 0 Å². The van der Waals surface area contributed by atoms with Crippen molar-refractivity contribution in [1.82, 2.24) is 0 Å². The Bertz CT molecular complexity index is 945. The summed E-state index contributed by atoms with van der Waals surface area (Å²) in [5.41, 5.74) is 0.435. The monoisotopic (exact) mass is 432 g/mol. The van der Waals surface area contributed by atoms with Gasteiger partial charge in [-0.3, -0.25) is 9.10 Å². The number of carbonyl (C=O) groups is 1. The average molecular weight is 432 g/mol. The van der Waals surface area contributed by atoms with Crippen LogP contribution in [0.4, 0.5) is 24.5 Å². The van der Waals surface area contributed by atoms with Gasteiger partial charge in [-0.05, 0) is 55.5 Å². The summed E-state index contributed by atoms with van der Waals surface area (Å²) in [6, 6.07) is 9.45. The molecule has 2 rings (SSSR count). The molecule has 2 aromatic rings. The first-order chi connectivity index (χ1) is 13.4. The van der Waals surface area contributed by atoms with Crippen molar-refractivity contribution in [3.8, 4) is 11.5 Å².